The molecule has 0 radical (unpaired) electrons. The zero-order valence-corrected chi connectivity index (χ0v) is 34.8. The monoisotopic (exact) mass is 831 g/mol. The molecule has 2 aliphatic heterocycles. The molecule has 0 bridgehead atoms. The summed E-state index contributed by atoms with van der Waals surface area (Å²) in [6, 6.07) is 0.711. The van der Waals surface area contributed by atoms with E-state index in [2.05, 4.69) is 50.1 Å². The van der Waals surface area contributed by atoms with E-state index in [-0.39, 0.29) is 61.6 Å². The van der Waals surface area contributed by atoms with Crippen molar-refractivity contribution in [1.82, 2.24) is 40.0 Å². The average Bonchev–Trinajstić information content (AvgIpc) is 3.85. The predicted octanol–water partition coefficient (Wildman–Crippen LogP) is 4.45. The molecule has 23 heteroatoms. The summed E-state index contributed by atoms with van der Waals surface area (Å²) < 4.78 is 58.8. The fourth-order valence-corrected chi connectivity index (χ4v) is 9.63. The molecule has 2 N–H and O–H groups in total. The van der Waals surface area contributed by atoms with E-state index in [9.17, 15) is 19.6 Å². The lowest BCUT2D eigenvalue weighted by Crippen LogP contribution is -2.44. The molecule has 20 nitrogen and oxygen atoms in total. The van der Waals surface area contributed by atoms with Crippen molar-refractivity contribution in [1.29, 1.82) is 0 Å². The number of carboxylic acid groups (broad SMARTS) is 1. The molecule has 3 aromatic heterocycles. The minimum atomic E-state index is -4.25. The third kappa shape index (κ3) is 8.91. The highest BCUT2D eigenvalue weighted by molar-refractivity contribution is 7.55. The van der Waals surface area contributed by atoms with Gasteiger partial charge in [-0.3, -0.25) is 9.46 Å². The maximum absolute atomic E-state index is 14.5. The van der Waals surface area contributed by atoms with Crippen LogP contribution in [0.2, 0.25) is 31.0 Å². The van der Waals surface area contributed by atoms with Crippen LogP contribution >= 0.6 is 19.2 Å². The van der Waals surface area contributed by atoms with Gasteiger partial charge >= 0.3 is 13.7 Å². The Balaban J connectivity index is 1.28. The highest BCUT2D eigenvalue weighted by Crippen LogP contribution is 2.62. The summed E-state index contributed by atoms with van der Waals surface area (Å²) in [5.41, 5.74) is 0.222. The van der Waals surface area contributed by atoms with Gasteiger partial charge in [-0.05, 0) is 69.8 Å². The van der Waals surface area contributed by atoms with Gasteiger partial charge in [0.2, 0.25) is 5.28 Å². The minimum absolute atomic E-state index is 0.00981. The quantitative estimate of drug-likeness (QED) is 0.0736. The summed E-state index contributed by atoms with van der Waals surface area (Å²) in [7, 11) is -5.55. The smallest absolute Gasteiger partial charge is 0.413 e. The van der Waals surface area contributed by atoms with Gasteiger partial charge in [-0.1, -0.05) is 19.6 Å². The van der Waals surface area contributed by atoms with Crippen molar-refractivity contribution in [3.05, 3.63) is 17.3 Å². The van der Waals surface area contributed by atoms with Gasteiger partial charge < -0.3 is 42.9 Å². The van der Waals surface area contributed by atoms with Crippen molar-refractivity contribution < 1.29 is 52.3 Å². The Morgan fingerprint density at radius 3 is 2.49 bits per heavy atom. The number of aliphatic hydroxyl groups is 1. The number of fused-ring (bicyclic) bond motifs is 2. The Labute approximate surface area is 324 Å². The maximum Gasteiger partial charge on any atom is 0.413 e. The van der Waals surface area contributed by atoms with Gasteiger partial charge in [0.1, 0.15) is 18.3 Å². The molecule has 5 atom stereocenters. The molecule has 0 spiro atoms. The minimum Gasteiger partial charge on any atom is -0.465 e. The second-order valence-corrected chi connectivity index (χ2v) is 23.6. The molecule has 1 saturated carbocycles. The van der Waals surface area contributed by atoms with Crippen molar-refractivity contribution >= 4 is 50.2 Å². The Hall–Kier alpha value is -2.69. The number of hydrogen-bond acceptors (Lipinski definition) is 16. The molecule has 306 valence electrons. The van der Waals surface area contributed by atoms with E-state index in [1.807, 2.05) is 0 Å². The number of hydrogen-bond donors (Lipinski definition) is 2. The lowest BCUT2D eigenvalue weighted by Gasteiger charge is -2.37. The topological polar surface area (TPSA) is 230 Å². The largest absolute Gasteiger partial charge is 0.465 e. The van der Waals surface area contributed by atoms with E-state index in [1.165, 1.54) is 20.6 Å². The molecule has 6 rings (SSSR count). The fourth-order valence-electron chi connectivity index (χ4n) is 6.75. The van der Waals surface area contributed by atoms with Crippen molar-refractivity contribution in [2.75, 3.05) is 37.9 Å². The van der Waals surface area contributed by atoms with E-state index < -0.39 is 64.0 Å². The van der Waals surface area contributed by atoms with Gasteiger partial charge in [0.25, 0.3) is 0 Å². The molecular formula is C32H51ClN9O11PSi. The standard InChI is InChI=1S/C32H51ClN9O11PSi/c1-8-49-54(46,50-9-2)32(18-43,15-23-37-39-40(38-23)19-47-13-14-55(5,6)7)48-17-22-24-25(53-31(3,4)52-24)28(51-22)42-27-21(16-34-42)26(35-29(33)36-27)41(30(44)45)20-11-10-12-20/h16,20,22,24-25,28,43H,8-15,17-19H2,1-7H3,(H,44,45)/t22-,24-,25-,28-,32-/m1/s1. The van der Waals surface area contributed by atoms with Crippen molar-refractivity contribution in [2.45, 2.75) is 128 Å². The first-order chi connectivity index (χ1) is 26.0. The average molecular weight is 832 g/mol. The van der Waals surface area contributed by atoms with Gasteiger partial charge in [-0.25, -0.2) is 9.48 Å². The molecule has 3 fully saturated rings. The van der Waals surface area contributed by atoms with Crippen LogP contribution in [0, 0.1) is 0 Å². The first-order valence-corrected chi connectivity index (χ1v) is 24.1. The van der Waals surface area contributed by atoms with Gasteiger partial charge in [-0.2, -0.15) is 15.1 Å². The van der Waals surface area contributed by atoms with E-state index in [0.717, 1.165) is 12.5 Å². The molecule has 55 heavy (non-hydrogen) atoms. The predicted molar refractivity (Wildman–Crippen MR) is 198 cm³/mol. The van der Waals surface area contributed by atoms with Crippen molar-refractivity contribution in [3.63, 3.8) is 0 Å². The van der Waals surface area contributed by atoms with E-state index in [1.54, 1.807) is 27.7 Å². The van der Waals surface area contributed by atoms with Crippen LogP contribution in [0.4, 0.5) is 10.6 Å². The van der Waals surface area contributed by atoms with Crippen molar-refractivity contribution in [2.24, 2.45) is 0 Å². The number of anilines is 1. The van der Waals surface area contributed by atoms with Gasteiger partial charge in [0.15, 0.2) is 41.4 Å². The highest BCUT2D eigenvalue weighted by atomic mass is 35.5. The first kappa shape index (κ1) is 41.9. The lowest BCUT2D eigenvalue weighted by molar-refractivity contribution is -0.207. The molecule has 2 saturated heterocycles. The molecular weight excluding hydrogens is 781 g/mol. The number of aromatic nitrogens is 8. The summed E-state index contributed by atoms with van der Waals surface area (Å²) in [5, 5.41) is 36.5. The molecule has 3 aromatic rings. The molecule has 1 amide bonds. The number of ether oxygens (including phenoxy) is 5. The second kappa shape index (κ2) is 16.7. The second-order valence-electron chi connectivity index (χ2n) is 15.4. The summed E-state index contributed by atoms with van der Waals surface area (Å²) in [6.45, 7) is 13.1. The highest BCUT2D eigenvalue weighted by Gasteiger charge is 2.59. The van der Waals surface area contributed by atoms with Crippen LogP contribution in [-0.4, -0.2) is 133 Å². The van der Waals surface area contributed by atoms with Crippen LogP contribution in [0.15, 0.2) is 6.20 Å². The van der Waals surface area contributed by atoms with E-state index >= 15 is 0 Å². The van der Waals surface area contributed by atoms with Crippen LogP contribution in [0.3, 0.4) is 0 Å². The zero-order valence-electron chi connectivity index (χ0n) is 32.2. The van der Waals surface area contributed by atoms with Crippen LogP contribution in [0.5, 0.6) is 0 Å². The van der Waals surface area contributed by atoms with Gasteiger partial charge in [0.05, 0.1) is 44.4 Å². The molecule has 1 aliphatic carbocycles. The number of halogens is 1. The van der Waals surface area contributed by atoms with Crippen LogP contribution in [0.25, 0.3) is 11.0 Å². The van der Waals surface area contributed by atoms with Gasteiger partial charge in [-0.15, -0.1) is 15.0 Å². The van der Waals surface area contributed by atoms with Crippen LogP contribution in [-0.2, 0) is 50.4 Å². The first-order valence-electron chi connectivity index (χ1n) is 18.4. The molecule has 0 unspecified atom stereocenters. The summed E-state index contributed by atoms with van der Waals surface area (Å²) in [5.74, 6) is -0.823. The summed E-state index contributed by atoms with van der Waals surface area (Å²) >= 11 is 6.39. The number of amides is 1. The number of tetrazole rings is 1. The van der Waals surface area contributed by atoms with E-state index in [0.29, 0.717) is 24.8 Å². The Morgan fingerprint density at radius 1 is 1.16 bits per heavy atom. The lowest BCUT2D eigenvalue weighted by atomic mass is 9.91. The molecule has 5 heterocycles. The van der Waals surface area contributed by atoms with Crippen LogP contribution < -0.4 is 4.90 Å². The SMILES string of the molecule is CCOP(=O)(OCC)[C@@](CO)(Cc1nnn(COCC[Si](C)(C)C)n1)OC[C@H]1O[C@@H](n2ncc3c(N(C(=O)O)C4CCC4)nc(Cl)nc32)[C@@H]2OC(C)(C)O[C@@H]21. The maximum atomic E-state index is 14.5. The summed E-state index contributed by atoms with van der Waals surface area (Å²) in [4.78, 5) is 23.6. The number of rotatable bonds is 19. The Kier molecular flexibility index (Phi) is 12.7. The van der Waals surface area contributed by atoms with E-state index in [4.69, 9.17) is 44.3 Å². The molecule has 3 aliphatic rings. The number of carbonyl (C=O) groups is 1. The third-order valence-electron chi connectivity index (χ3n) is 9.64. The van der Waals surface area contributed by atoms with Crippen molar-refractivity contribution in [3.8, 4) is 0 Å². The normalized spacial score (nSPS) is 23.9. The van der Waals surface area contributed by atoms with Gasteiger partial charge in [0, 0.05) is 20.7 Å². The third-order valence-corrected chi connectivity index (χ3v) is 14.1. The number of nitrogens with zero attached hydrogens (tertiary/aromatic N) is 9. The Morgan fingerprint density at radius 2 is 1.87 bits per heavy atom. The van der Waals surface area contributed by atoms with Crippen LogP contribution in [0.1, 0.15) is 59.0 Å². The summed E-state index contributed by atoms with van der Waals surface area (Å²) in [6.07, 6.45) is -1.07. The Bertz CT molecular complexity index is 1850. The molecule has 0 aromatic carbocycles. The number of aliphatic hydroxyl groups excluding tert-OH is 1. The fraction of sp³-hybridized carbons (Fsp3) is 0.781. The zero-order chi connectivity index (χ0) is 39.8.